The Morgan fingerprint density at radius 2 is 1.44 bits per heavy atom. The Morgan fingerprint density at radius 3 is 1.94 bits per heavy atom. The lowest BCUT2D eigenvalue weighted by atomic mass is 10.0. The fraction of sp³-hybridized carbons (Fsp3) is 1.00. The van der Waals surface area contributed by atoms with Crippen LogP contribution in [0.3, 0.4) is 0 Å². The Hall–Kier alpha value is -0.120. The van der Waals surface area contributed by atoms with Gasteiger partial charge < -0.3 is 4.74 Å². The van der Waals surface area contributed by atoms with Crippen molar-refractivity contribution in [1.29, 1.82) is 0 Å². The molecule has 0 radical (unpaired) electrons. The van der Waals surface area contributed by atoms with Crippen molar-refractivity contribution >= 4 is 0 Å². The third kappa shape index (κ3) is 12.3. The molecule has 0 saturated carbocycles. The van der Waals surface area contributed by atoms with Gasteiger partial charge in [-0.1, -0.05) is 64.7 Å². The number of hydrogen-bond acceptors (Lipinski definition) is 3. The first-order valence-electron chi connectivity index (χ1n) is 7.89. The highest BCUT2D eigenvalue weighted by Crippen LogP contribution is 2.11. The molecule has 0 rings (SSSR count). The molecule has 0 heterocycles. The van der Waals surface area contributed by atoms with E-state index in [2.05, 4.69) is 12.3 Å². The first kappa shape index (κ1) is 17.9. The molecule has 0 aliphatic carbocycles. The molecule has 0 saturated heterocycles. The lowest BCUT2D eigenvalue weighted by Crippen LogP contribution is -2.38. The fourth-order valence-electron chi connectivity index (χ4n) is 2.18. The van der Waals surface area contributed by atoms with E-state index < -0.39 is 0 Å². The maximum atomic E-state index is 5.49. The Balaban J connectivity index is 3.17. The molecule has 110 valence electrons. The summed E-state index contributed by atoms with van der Waals surface area (Å²) in [6, 6.07) is 0.328. The van der Waals surface area contributed by atoms with Crippen molar-refractivity contribution < 1.29 is 4.74 Å². The maximum absolute atomic E-state index is 5.49. The third-order valence-electron chi connectivity index (χ3n) is 3.42. The van der Waals surface area contributed by atoms with Crippen molar-refractivity contribution in [2.45, 2.75) is 84.1 Å². The number of nitrogens with two attached hydrogens (primary N) is 1. The van der Waals surface area contributed by atoms with Crippen LogP contribution < -0.4 is 11.3 Å². The summed E-state index contributed by atoms with van der Waals surface area (Å²) in [5.41, 5.74) is 2.84. The van der Waals surface area contributed by atoms with E-state index >= 15 is 0 Å². The van der Waals surface area contributed by atoms with Crippen LogP contribution in [0.4, 0.5) is 0 Å². The summed E-state index contributed by atoms with van der Waals surface area (Å²) in [6.45, 7) is 5.80. The van der Waals surface area contributed by atoms with Gasteiger partial charge in [-0.05, 0) is 13.3 Å². The average Bonchev–Trinajstić information content (AvgIpc) is 2.40. The second-order valence-electron chi connectivity index (χ2n) is 5.14. The summed E-state index contributed by atoms with van der Waals surface area (Å²) < 4.78 is 5.38. The smallest absolute Gasteiger partial charge is 0.0632 e. The number of rotatable bonds is 14. The van der Waals surface area contributed by atoms with Crippen LogP contribution in [0.1, 0.15) is 78.1 Å². The van der Waals surface area contributed by atoms with Crippen molar-refractivity contribution in [2.75, 3.05) is 13.2 Å². The number of nitrogens with one attached hydrogen (secondary N) is 1. The van der Waals surface area contributed by atoms with Gasteiger partial charge in [0.1, 0.15) is 0 Å². The zero-order valence-corrected chi connectivity index (χ0v) is 12.5. The summed E-state index contributed by atoms with van der Waals surface area (Å²) >= 11 is 0. The van der Waals surface area contributed by atoms with Crippen LogP contribution >= 0.6 is 0 Å². The first-order chi connectivity index (χ1) is 8.85. The molecule has 0 bridgehead atoms. The first-order valence-corrected chi connectivity index (χ1v) is 7.89. The van der Waals surface area contributed by atoms with Crippen LogP contribution in [0.2, 0.25) is 0 Å². The standard InChI is InChI=1S/C15H34N2O/c1-3-5-6-7-8-9-10-11-12-13-15(17-16)14-18-4-2/h15,17H,3-14,16H2,1-2H3. The predicted octanol–water partition coefficient (Wildman–Crippen LogP) is 3.78. The van der Waals surface area contributed by atoms with Gasteiger partial charge in [-0.2, -0.15) is 0 Å². The van der Waals surface area contributed by atoms with Gasteiger partial charge >= 0.3 is 0 Å². The number of hydrogen-bond donors (Lipinski definition) is 2. The zero-order valence-electron chi connectivity index (χ0n) is 12.5. The van der Waals surface area contributed by atoms with Gasteiger partial charge in [0.05, 0.1) is 6.61 Å². The van der Waals surface area contributed by atoms with Gasteiger partial charge in [-0.3, -0.25) is 11.3 Å². The van der Waals surface area contributed by atoms with Crippen LogP contribution in [0.5, 0.6) is 0 Å². The number of unbranched alkanes of at least 4 members (excludes halogenated alkanes) is 8. The monoisotopic (exact) mass is 258 g/mol. The Labute approximate surface area is 114 Å². The summed E-state index contributed by atoms with van der Waals surface area (Å²) in [5.74, 6) is 5.49. The second kappa shape index (κ2) is 14.9. The molecule has 0 aliphatic heterocycles. The van der Waals surface area contributed by atoms with E-state index in [0.29, 0.717) is 6.04 Å². The SMILES string of the molecule is CCCCCCCCCCCC(COCC)NN. The fourth-order valence-corrected chi connectivity index (χ4v) is 2.18. The van der Waals surface area contributed by atoms with Gasteiger partial charge in [0.25, 0.3) is 0 Å². The van der Waals surface area contributed by atoms with Crippen LogP contribution in [-0.2, 0) is 4.74 Å². The highest BCUT2D eigenvalue weighted by Gasteiger charge is 2.05. The van der Waals surface area contributed by atoms with E-state index in [9.17, 15) is 0 Å². The second-order valence-corrected chi connectivity index (χ2v) is 5.14. The number of hydrazine groups is 1. The molecule has 1 unspecified atom stereocenters. The minimum atomic E-state index is 0.328. The van der Waals surface area contributed by atoms with Gasteiger partial charge in [-0.25, -0.2) is 0 Å². The van der Waals surface area contributed by atoms with Crippen LogP contribution in [-0.4, -0.2) is 19.3 Å². The molecule has 18 heavy (non-hydrogen) atoms. The van der Waals surface area contributed by atoms with Crippen molar-refractivity contribution in [3.05, 3.63) is 0 Å². The highest BCUT2D eigenvalue weighted by molar-refractivity contribution is 4.62. The minimum absolute atomic E-state index is 0.328. The van der Waals surface area contributed by atoms with Crippen molar-refractivity contribution in [3.8, 4) is 0 Å². The molecule has 3 heteroatoms. The van der Waals surface area contributed by atoms with E-state index in [1.165, 1.54) is 57.8 Å². The summed E-state index contributed by atoms with van der Waals surface area (Å²) in [4.78, 5) is 0. The summed E-state index contributed by atoms with van der Waals surface area (Å²) in [5, 5.41) is 0. The van der Waals surface area contributed by atoms with Crippen molar-refractivity contribution in [1.82, 2.24) is 5.43 Å². The minimum Gasteiger partial charge on any atom is -0.380 e. The zero-order chi connectivity index (χ0) is 13.5. The normalized spacial score (nSPS) is 12.8. The van der Waals surface area contributed by atoms with Crippen molar-refractivity contribution in [2.24, 2.45) is 5.84 Å². The molecule has 1 atom stereocenters. The van der Waals surface area contributed by atoms with Gasteiger partial charge in [-0.15, -0.1) is 0 Å². The molecule has 3 N–H and O–H groups in total. The van der Waals surface area contributed by atoms with Gasteiger partial charge in [0, 0.05) is 12.6 Å². The third-order valence-corrected chi connectivity index (χ3v) is 3.42. The van der Waals surface area contributed by atoms with E-state index in [0.717, 1.165) is 19.6 Å². The topological polar surface area (TPSA) is 47.3 Å². The molecular weight excluding hydrogens is 224 g/mol. The molecule has 0 spiro atoms. The maximum Gasteiger partial charge on any atom is 0.0632 e. The average molecular weight is 258 g/mol. The predicted molar refractivity (Wildman–Crippen MR) is 79.4 cm³/mol. The lowest BCUT2D eigenvalue weighted by molar-refractivity contribution is 0.119. The van der Waals surface area contributed by atoms with Crippen molar-refractivity contribution in [3.63, 3.8) is 0 Å². The molecule has 0 fully saturated rings. The van der Waals surface area contributed by atoms with E-state index in [4.69, 9.17) is 10.6 Å². The molecule has 3 nitrogen and oxygen atoms in total. The van der Waals surface area contributed by atoms with Crippen LogP contribution in [0.25, 0.3) is 0 Å². The lowest BCUT2D eigenvalue weighted by Gasteiger charge is -2.15. The van der Waals surface area contributed by atoms with E-state index in [1.54, 1.807) is 0 Å². The molecule has 0 aromatic carbocycles. The Morgan fingerprint density at radius 1 is 0.889 bits per heavy atom. The molecule has 0 aromatic rings. The van der Waals surface area contributed by atoms with Crippen LogP contribution in [0, 0.1) is 0 Å². The Kier molecular flexibility index (Phi) is 14.8. The van der Waals surface area contributed by atoms with E-state index in [-0.39, 0.29) is 0 Å². The molecule has 0 aliphatic rings. The largest absolute Gasteiger partial charge is 0.380 e. The molecule has 0 aromatic heterocycles. The summed E-state index contributed by atoms with van der Waals surface area (Å²) in [6.07, 6.45) is 13.5. The van der Waals surface area contributed by atoms with E-state index in [1.807, 2.05) is 6.92 Å². The number of ether oxygens (including phenoxy) is 1. The molecular formula is C15H34N2O. The molecule has 0 amide bonds. The highest BCUT2D eigenvalue weighted by atomic mass is 16.5. The van der Waals surface area contributed by atoms with Gasteiger partial charge in [0.2, 0.25) is 0 Å². The van der Waals surface area contributed by atoms with Gasteiger partial charge in [0.15, 0.2) is 0 Å². The Bertz CT molecular complexity index is 153. The van der Waals surface area contributed by atoms with Crippen LogP contribution in [0.15, 0.2) is 0 Å². The quantitative estimate of drug-likeness (QED) is 0.283. The summed E-state index contributed by atoms with van der Waals surface area (Å²) in [7, 11) is 0.